The Hall–Kier alpha value is -3.89. The van der Waals surface area contributed by atoms with Crippen LogP contribution in [-0.4, -0.2) is 48.0 Å². The zero-order chi connectivity index (χ0) is 24.9. The number of ether oxygens (including phenoxy) is 3. The molecule has 0 aliphatic rings. The largest absolute Gasteiger partial charge is 0.504 e. The average molecular weight is 472 g/mol. The van der Waals surface area contributed by atoms with Crippen LogP contribution in [0.1, 0.15) is 41.8 Å². The normalized spacial score (nSPS) is 12.6. The molecule has 3 amide bonds. The Morgan fingerprint density at radius 3 is 2.47 bits per heavy atom. The minimum atomic E-state index is -1.000. The van der Waals surface area contributed by atoms with Crippen LogP contribution >= 0.6 is 0 Å². The van der Waals surface area contributed by atoms with Gasteiger partial charge in [-0.05, 0) is 49.6 Å². The Morgan fingerprint density at radius 1 is 1.12 bits per heavy atom. The van der Waals surface area contributed by atoms with E-state index in [0.29, 0.717) is 18.4 Å². The second kappa shape index (κ2) is 13.6. The molecule has 0 heterocycles. The average Bonchev–Trinajstić information content (AvgIpc) is 2.84. The van der Waals surface area contributed by atoms with Gasteiger partial charge in [0, 0.05) is 18.2 Å². The van der Waals surface area contributed by atoms with Crippen molar-refractivity contribution in [1.82, 2.24) is 10.8 Å². The molecule has 0 fully saturated rings. The summed E-state index contributed by atoms with van der Waals surface area (Å²) in [5, 5.41) is 21.0. The molecule has 0 aliphatic carbocycles. The number of rotatable bonds is 11. The Kier molecular flexibility index (Phi) is 10.6. The maximum absolute atomic E-state index is 12.6. The highest BCUT2D eigenvalue weighted by Gasteiger charge is 2.29. The number of alkyl carbamates (subject to hydrolysis) is 1. The highest BCUT2D eigenvalue weighted by Crippen LogP contribution is 2.33. The number of aromatic hydroxyl groups is 1. The Morgan fingerprint density at radius 2 is 1.85 bits per heavy atom. The molecule has 2 rings (SSSR count). The molecule has 2 atom stereocenters. The van der Waals surface area contributed by atoms with Crippen LogP contribution in [0.4, 0.5) is 4.79 Å². The fourth-order valence-electron chi connectivity index (χ4n) is 3.17. The summed E-state index contributed by atoms with van der Waals surface area (Å²) in [5.41, 5.74) is 2.19. The number of hydroxylamine groups is 1. The molecule has 0 unspecified atom stereocenters. The Bertz CT molecular complexity index is 994. The van der Waals surface area contributed by atoms with Crippen LogP contribution in [0.2, 0.25) is 0 Å². The van der Waals surface area contributed by atoms with E-state index in [0.717, 1.165) is 6.08 Å². The van der Waals surface area contributed by atoms with Crippen molar-refractivity contribution in [3.05, 3.63) is 71.8 Å². The van der Waals surface area contributed by atoms with Crippen LogP contribution in [0.5, 0.6) is 11.5 Å². The molecule has 2 aromatic carbocycles. The molecule has 10 heteroatoms. The van der Waals surface area contributed by atoms with E-state index in [1.807, 2.05) is 0 Å². The Balaban J connectivity index is 2.25. The predicted octanol–water partition coefficient (Wildman–Crippen LogP) is 3.26. The highest BCUT2D eigenvalue weighted by atomic mass is 16.6. The number of allylic oxidation sites excluding steroid dienone is 1. The van der Waals surface area contributed by atoms with Crippen molar-refractivity contribution < 1.29 is 38.9 Å². The number of hydrogen-bond donors (Lipinski definition) is 4. The number of carbonyl (C=O) groups excluding carboxylic acids is 3. The van der Waals surface area contributed by atoms with Gasteiger partial charge in [-0.25, -0.2) is 10.3 Å². The summed E-state index contributed by atoms with van der Waals surface area (Å²) in [6, 6.07) is 12.7. The molecule has 0 spiro atoms. The fraction of sp³-hybridized carbons (Fsp3) is 0.292. The van der Waals surface area contributed by atoms with Crippen molar-refractivity contribution in [2.75, 3.05) is 13.7 Å². The number of benzene rings is 2. The number of phenols is 1. The minimum Gasteiger partial charge on any atom is -0.504 e. The lowest BCUT2D eigenvalue weighted by Gasteiger charge is -2.27. The van der Waals surface area contributed by atoms with Gasteiger partial charge in [0.2, 0.25) is 0 Å². The summed E-state index contributed by atoms with van der Waals surface area (Å²) in [5.74, 6) is -1.24. The van der Waals surface area contributed by atoms with E-state index in [2.05, 4.69) is 5.32 Å². The smallest absolute Gasteiger partial charge is 0.414 e. The van der Waals surface area contributed by atoms with Gasteiger partial charge in [-0.1, -0.05) is 30.3 Å². The monoisotopic (exact) mass is 472 g/mol. The molecule has 0 aromatic heterocycles. The van der Waals surface area contributed by atoms with Gasteiger partial charge < -0.3 is 19.3 Å². The lowest BCUT2D eigenvalue weighted by molar-refractivity contribution is -0.124. The fourth-order valence-corrected chi connectivity index (χ4v) is 3.17. The molecule has 0 aliphatic heterocycles. The van der Waals surface area contributed by atoms with Crippen molar-refractivity contribution in [2.24, 2.45) is 0 Å². The van der Waals surface area contributed by atoms with E-state index in [1.165, 1.54) is 30.8 Å². The molecule has 34 heavy (non-hydrogen) atoms. The van der Waals surface area contributed by atoms with Gasteiger partial charge in [0.25, 0.3) is 11.8 Å². The number of methoxy groups -OCH3 is 1. The predicted molar refractivity (Wildman–Crippen MR) is 122 cm³/mol. The maximum atomic E-state index is 12.6. The molecular formula is C24H28N2O8. The molecule has 0 saturated carbocycles. The third-order valence-corrected chi connectivity index (χ3v) is 4.73. The summed E-state index contributed by atoms with van der Waals surface area (Å²) in [7, 11) is 1.41. The van der Waals surface area contributed by atoms with Crippen LogP contribution in [0.15, 0.2) is 60.7 Å². The molecule has 2 aromatic rings. The molecular weight excluding hydrogens is 444 g/mol. The van der Waals surface area contributed by atoms with Crippen molar-refractivity contribution in [3.8, 4) is 11.5 Å². The number of hydrogen-bond acceptors (Lipinski definition) is 8. The summed E-state index contributed by atoms with van der Waals surface area (Å²) in [4.78, 5) is 36.1. The first-order chi connectivity index (χ1) is 16.4. The van der Waals surface area contributed by atoms with Crippen molar-refractivity contribution in [1.29, 1.82) is 0 Å². The second-order valence-corrected chi connectivity index (χ2v) is 7.03. The lowest BCUT2D eigenvalue weighted by Crippen LogP contribution is -2.35. The van der Waals surface area contributed by atoms with E-state index >= 15 is 0 Å². The van der Waals surface area contributed by atoms with Crippen LogP contribution in [0.3, 0.4) is 0 Å². The number of imide groups is 1. The lowest BCUT2D eigenvalue weighted by atomic mass is 9.99. The quantitative estimate of drug-likeness (QED) is 0.222. The van der Waals surface area contributed by atoms with Crippen LogP contribution in [0, 0.1) is 0 Å². The van der Waals surface area contributed by atoms with E-state index < -0.39 is 30.1 Å². The van der Waals surface area contributed by atoms with Gasteiger partial charge >= 0.3 is 6.09 Å². The molecule has 4 N–H and O–H groups in total. The number of carbonyl (C=O) groups is 3. The molecule has 0 radical (unpaired) electrons. The van der Waals surface area contributed by atoms with Crippen LogP contribution in [0.25, 0.3) is 0 Å². The zero-order valence-electron chi connectivity index (χ0n) is 18.9. The van der Waals surface area contributed by atoms with Crippen molar-refractivity contribution >= 4 is 17.9 Å². The second-order valence-electron chi connectivity index (χ2n) is 7.03. The third kappa shape index (κ3) is 7.91. The van der Waals surface area contributed by atoms with Crippen LogP contribution < -0.4 is 15.5 Å². The topological polar surface area (TPSA) is 143 Å². The Labute approximate surface area is 197 Å². The molecule has 0 bridgehead atoms. The van der Waals surface area contributed by atoms with E-state index in [1.54, 1.807) is 43.3 Å². The van der Waals surface area contributed by atoms with E-state index in [4.69, 9.17) is 19.4 Å². The number of nitrogens with one attached hydrogen (secondary N) is 2. The van der Waals surface area contributed by atoms with Gasteiger partial charge in [0.15, 0.2) is 17.6 Å². The highest BCUT2D eigenvalue weighted by molar-refractivity contribution is 6.02. The molecule has 182 valence electrons. The SMILES string of the molecule is CCO[C@@H](CC/C=C/C(=O)NO)[C@@H](OC(=O)NC(=O)c1ccccc1)c1ccc(OC)c(O)c1. The molecule has 10 nitrogen and oxygen atoms in total. The van der Waals surface area contributed by atoms with Gasteiger partial charge in [-0.3, -0.25) is 20.1 Å². The summed E-state index contributed by atoms with van der Waals surface area (Å²) < 4.78 is 16.4. The minimum absolute atomic E-state index is 0.163. The van der Waals surface area contributed by atoms with Gasteiger partial charge in [-0.2, -0.15) is 0 Å². The third-order valence-electron chi connectivity index (χ3n) is 4.73. The van der Waals surface area contributed by atoms with Crippen LogP contribution in [-0.2, 0) is 14.3 Å². The van der Waals surface area contributed by atoms with Gasteiger partial charge in [-0.15, -0.1) is 0 Å². The van der Waals surface area contributed by atoms with E-state index in [-0.39, 0.29) is 23.7 Å². The summed E-state index contributed by atoms with van der Waals surface area (Å²) in [6.07, 6.45) is 0.680. The van der Waals surface area contributed by atoms with Crippen molar-refractivity contribution in [2.45, 2.75) is 32.0 Å². The van der Waals surface area contributed by atoms with Gasteiger partial charge in [0.1, 0.15) is 0 Å². The first-order valence-corrected chi connectivity index (χ1v) is 10.6. The maximum Gasteiger partial charge on any atom is 0.414 e. The standard InChI is InChI=1S/C24H28N2O8/c1-3-33-20(11-7-8-12-21(28)26-31)22(17-13-14-19(32-2)18(27)15-17)34-24(30)25-23(29)16-9-5-4-6-10-16/h4-6,8-10,12-15,20,22,27,31H,3,7,11H2,1-2H3,(H,26,28)(H,25,29,30)/b12-8+/t20-,22-/m0/s1. The van der Waals surface area contributed by atoms with E-state index in [9.17, 15) is 19.5 Å². The van der Waals surface area contributed by atoms with Gasteiger partial charge in [0.05, 0.1) is 13.2 Å². The number of amides is 3. The zero-order valence-corrected chi connectivity index (χ0v) is 18.9. The van der Waals surface area contributed by atoms with Crippen molar-refractivity contribution in [3.63, 3.8) is 0 Å². The number of phenolic OH excluding ortho intramolecular Hbond substituents is 1. The summed E-state index contributed by atoms with van der Waals surface area (Å²) >= 11 is 0. The summed E-state index contributed by atoms with van der Waals surface area (Å²) in [6.45, 7) is 2.06. The first kappa shape index (κ1) is 26.4. The first-order valence-electron chi connectivity index (χ1n) is 10.6. The molecule has 0 saturated heterocycles.